The molecule has 1 saturated heterocycles. The molecule has 24 heavy (non-hydrogen) atoms. The Morgan fingerprint density at radius 2 is 1.88 bits per heavy atom. The number of carbonyl (C=O) groups excluding carboxylic acids is 1. The van der Waals surface area contributed by atoms with Crippen LogP contribution in [-0.2, 0) is 20.8 Å². The Morgan fingerprint density at radius 1 is 1.21 bits per heavy atom. The van der Waals surface area contributed by atoms with E-state index in [1.807, 2.05) is 42.2 Å². The number of hydrogen-bond acceptors (Lipinski definition) is 4. The zero-order chi connectivity index (χ0) is 16.8. The molecule has 1 spiro atoms. The lowest BCUT2D eigenvalue weighted by Gasteiger charge is -2.37. The molecule has 132 valence electrons. The minimum atomic E-state index is -0.343. The molecule has 2 fully saturated rings. The first-order valence-electron chi connectivity index (χ1n) is 8.94. The Balaban J connectivity index is 1.58. The number of ether oxygens (including phenoxy) is 3. The number of rotatable bonds is 5. The third-order valence-electron chi connectivity index (χ3n) is 4.90. The van der Waals surface area contributed by atoms with Gasteiger partial charge in [-0.3, -0.25) is 0 Å². The lowest BCUT2D eigenvalue weighted by molar-refractivity contribution is -0.183. The summed E-state index contributed by atoms with van der Waals surface area (Å²) in [6.07, 6.45) is 3.64. The lowest BCUT2D eigenvalue weighted by Crippen LogP contribution is -2.40. The Bertz CT molecular complexity index is 517. The van der Waals surface area contributed by atoms with Crippen molar-refractivity contribution < 1.29 is 19.0 Å². The van der Waals surface area contributed by atoms with Crippen LogP contribution in [0.2, 0.25) is 0 Å². The van der Waals surface area contributed by atoms with E-state index in [-0.39, 0.29) is 11.9 Å². The molecule has 1 aromatic carbocycles. The molecule has 0 aromatic heterocycles. The standard InChI is InChI=1S/C19H27NO4/c1-2-22-18(21)20(14-16-6-4-3-5-7-16)15-17-8-10-19(11-9-17)23-12-13-24-19/h3-7,17H,2,8-15H2,1H3. The van der Waals surface area contributed by atoms with Gasteiger partial charge in [0.2, 0.25) is 0 Å². The molecule has 0 bridgehead atoms. The van der Waals surface area contributed by atoms with Crippen molar-refractivity contribution in [2.24, 2.45) is 5.92 Å². The molecule has 0 atom stereocenters. The molecule has 0 N–H and O–H groups in total. The molecule has 1 heterocycles. The molecule has 0 unspecified atom stereocenters. The fraction of sp³-hybridized carbons (Fsp3) is 0.632. The highest BCUT2D eigenvalue weighted by Crippen LogP contribution is 2.38. The highest BCUT2D eigenvalue weighted by molar-refractivity contribution is 5.67. The van der Waals surface area contributed by atoms with Gasteiger partial charge < -0.3 is 19.1 Å². The second-order valence-corrected chi connectivity index (χ2v) is 6.62. The van der Waals surface area contributed by atoms with Gasteiger partial charge in [0.05, 0.1) is 19.8 Å². The second-order valence-electron chi connectivity index (χ2n) is 6.62. The van der Waals surface area contributed by atoms with Crippen molar-refractivity contribution in [2.75, 3.05) is 26.4 Å². The van der Waals surface area contributed by atoms with Crippen molar-refractivity contribution in [3.8, 4) is 0 Å². The highest BCUT2D eigenvalue weighted by Gasteiger charge is 2.40. The van der Waals surface area contributed by atoms with Gasteiger partial charge in [-0.25, -0.2) is 4.79 Å². The van der Waals surface area contributed by atoms with E-state index < -0.39 is 0 Å². The van der Waals surface area contributed by atoms with Crippen LogP contribution in [0.1, 0.15) is 38.2 Å². The van der Waals surface area contributed by atoms with Crippen molar-refractivity contribution in [1.82, 2.24) is 4.90 Å². The molecule has 0 radical (unpaired) electrons. The van der Waals surface area contributed by atoms with Gasteiger partial charge in [0.15, 0.2) is 5.79 Å². The van der Waals surface area contributed by atoms with Crippen LogP contribution in [0.3, 0.4) is 0 Å². The summed E-state index contributed by atoms with van der Waals surface area (Å²) in [4.78, 5) is 14.2. The van der Waals surface area contributed by atoms with E-state index >= 15 is 0 Å². The summed E-state index contributed by atoms with van der Waals surface area (Å²) in [5.74, 6) is 0.126. The van der Waals surface area contributed by atoms with E-state index in [9.17, 15) is 4.79 Å². The average molecular weight is 333 g/mol. The summed E-state index contributed by atoms with van der Waals surface area (Å²) in [5, 5.41) is 0. The molecule has 5 heteroatoms. The van der Waals surface area contributed by atoms with Crippen LogP contribution >= 0.6 is 0 Å². The minimum Gasteiger partial charge on any atom is -0.450 e. The van der Waals surface area contributed by atoms with Crippen LogP contribution in [0.5, 0.6) is 0 Å². The highest BCUT2D eigenvalue weighted by atomic mass is 16.7. The van der Waals surface area contributed by atoms with Gasteiger partial charge in [-0.05, 0) is 31.2 Å². The van der Waals surface area contributed by atoms with Crippen molar-refractivity contribution >= 4 is 6.09 Å². The molecule has 1 aliphatic heterocycles. The van der Waals surface area contributed by atoms with Crippen molar-refractivity contribution in [2.45, 2.75) is 44.9 Å². The van der Waals surface area contributed by atoms with Crippen LogP contribution in [-0.4, -0.2) is 43.1 Å². The molecule has 1 saturated carbocycles. The van der Waals surface area contributed by atoms with Gasteiger partial charge in [0, 0.05) is 25.9 Å². The van der Waals surface area contributed by atoms with Crippen LogP contribution < -0.4 is 0 Å². The molecular weight excluding hydrogens is 306 g/mol. The molecule has 3 rings (SSSR count). The van der Waals surface area contributed by atoms with Crippen molar-refractivity contribution in [3.05, 3.63) is 35.9 Å². The number of carbonyl (C=O) groups is 1. The smallest absolute Gasteiger partial charge is 0.410 e. The monoisotopic (exact) mass is 333 g/mol. The fourth-order valence-corrected chi connectivity index (χ4v) is 3.62. The van der Waals surface area contributed by atoms with Crippen molar-refractivity contribution in [3.63, 3.8) is 0 Å². The number of nitrogens with zero attached hydrogens (tertiary/aromatic N) is 1. The van der Waals surface area contributed by atoms with Crippen LogP contribution in [0.15, 0.2) is 30.3 Å². The number of hydrogen-bond donors (Lipinski definition) is 0. The fourth-order valence-electron chi connectivity index (χ4n) is 3.62. The number of amides is 1. The van der Waals surface area contributed by atoms with E-state index in [1.54, 1.807) is 0 Å². The number of benzene rings is 1. The average Bonchev–Trinajstić information content (AvgIpc) is 3.06. The maximum absolute atomic E-state index is 12.3. The quantitative estimate of drug-likeness (QED) is 0.826. The first-order valence-corrected chi connectivity index (χ1v) is 8.94. The molecule has 2 aliphatic rings. The Hall–Kier alpha value is -1.59. The maximum Gasteiger partial charge on any atom is 0.410 e. The molecule has 1 aromatic rings. The lowest BCUT2D eigenvalue weighted by atomic mass is 9.84. The van der Waals surface area contributed by atoms with E-state index in [1.165, 1.54) is 0 Å². The predicted molar refractivity (Wildman–Crippen MR) is 90.5 cm³/mol. The van der Waals surface area contributed by atoms with E-state index in [4.69, 9.17) is 14.2 Å². The summed E-state index contributed by atoms with van der Waals surface area (Å²) in [6, 6.07) is 10.1. The second kappa shape index (κ2) is 7.99. The summed E-state index contributed by atoms with van der Waals surface area (Å²) in [7, 11) is 0. The Morgan fingerprint density at radius 3 is 2.50 bits per heavy atom. The molecule has 1 amide bonds. The van der Waals surface area contributed by atoms with Gasteiger partial charge in [-0.15, -0.1) is 0 Å². The van der Waals surface area contributed by atoms with Crippen molar-refractivity contribution in [1.29, 1.82) is 0 Å². The van der Waals surface area contributed by atoms with Gasteiger partial charge in [0.1, 0.15) is 0 Å². The molecular formula is C19H27NO4. The minimum absolute atomic E-state index is 0.227. The van der Waals surface area contributed by atoms with E-state index in [2.05, 4.69) is 0 Å². The first kappa shape index (κ1) is 17.2. The predicted octanol–water partition coefficient (Wildman–Crippen LogP) is 3.58. The van der Waals surface area contributed by atoms with Gasteiger partial charge in [-0.2, -0.15) is 0 Å². The van der Waals surface area contributed by atoms with Gasteiger partial charge in [-0.1, -0.05) is 30.3 Å². The topological polar surface area (TPSA) is 48.0 Å². The molecule has 1 aliphatic carbocycles. The normalized spacial score (nSPS) is 20.2. The first-order chi connectivity index (χ1) is 11.7. The van der Waals surface area contributed by atoms with Gasteiger partial charge >= 0.3 is 6.09 Å². The largest absolute Gasteiger partial charge is 0.450 e. The molecule has 5 nitrogen and oxygen atoms in total. The van der Waals surface area contributed by atoms with E-state index in [0.29, 0.717) is 32.3 Å². The zero-order valence-corrected chi connectivity index (χ0v) is 14.4. The van der Waals surface area contributed by atoms with Crippen LogP contribution in [0, 0.1) is 5.92 Å². The Labute approximate surface area is 143 Å². The third kappa shape index (κ3) is 4.28. The summed E-state index contributed by atoms with van der Waals surface area (Å²) in [5.41, 5.74) is 1.13. The maximum atomic E-state index is 12.3. The Kier molecular flexibility index (Phi) is 5.74. The van der Waals surface area contributed by atoms with Gasteiger partial charge in [0.25, 0.3) is 0 Å². The van der Waals surface area contributed by atoms with E-state index in [0.717, 1.165) is 37.8 Å². The summed E-state index contributed by atoms with van der Waals surface area (Å²) in [6.45, 7) is 4.97. The summed E-state index contributed by atoms with van der Waals surface area (Å²) < 4.78 is 16.8. The van der Waals surface area contributed by atoms with Crippen LogP contribution in [0.4, 0.5) is 4.79 Å². The zero-order valence-electron chi connectivity index (χ0n) is 14.4. The SMILES string of the molecule is CCOC(=O)N(Cc1ccccc1)CC1CCC2(CC1)OCCO2. The summed E-state index contributed by atoms with van der Waals surface area (Å²) >= 11 is 0. The third-order valence-corrected chi connectivity index (χ3v) is 4.90. The van der Waals surface area contributed by atoms with Crippen LogP contribution in [0.25, 0.3) is 0 Å².